The Morgan fingerprint density at radius 3 is 1.10 bits per heavy atom. The van der Waals surface area contributed by atoms with Crippen LogP contribution >= 0.6 is 47.8 Å². The van der Waals surface area contributed by atoms with Crippen LogP contribution in [0.4, 0.5) is 35.1 Å². The number of carboxylic acid groups (broad SMARTS) is 2. The first-order valence-electron chi connectivity index (χ1n) is 40.9. The summed E-state index contributed by atoms with van der Waals surface area (Å²) in [5, 5.41) is 17.9. The number of benzene rings is 8. The van der Waals surface area contributed by atoms with E-state index in [4.69, 9.17) is 42.7 Å². The molecule has 0 aromatic heterocycles. The summed E-state index contributed by atoms with van der Waals surface area (Å²) in [4.78, 5) is 88.8. The maximum Gasteiger partial charge on any atom is 0.338 e. The van der Waals surface area contributed by atoms with Gasteiger partial charge in [-0.25, -0.2) is 44.7 Å². The van der Waals surface area contributed by atoms with Crippen molar-refractivity contribution in [1.29, 1.82) is 0 Å². The van der Waals surface area contributed by atoms with Crippen molar-refractivity contribution in [3.8, 4) is 0 Å². The van der Waals surface area contributed by atoms with Crippen molar-refractivity contribution in [2.75, 3.05) is 52.9 Å². The van der Waals surface area contributed by atoms with Gasteiger partial charge >= 0.3 is 23.9 Å². The molecule has 8 aromatic carbocycles. The number of aldehydes is 2. The minimum atomic E-state index is -1.94. The van der Waals surface area contributed by atoms with Crippen molar-refractivity contribution in [3.05, 3.63) is 284 Å². The predicted molar refractivity (Wildman–Crippen MR) is 485 cm³/mol. The number of carbonyl (C=O) groups excluding carboxylic acids is 6. The molecular weight excluding hydrogens is 1960 g/mol. The summed E-state index contributed by atoms with van der Waals surface area (Å²) in [5.41, 5.74) is 6.99. The number of ether oxygens (including phenoxy) is 5. The third kappa shape index (κ3) is 41.9. The summed E-state index contributed by atoms with van der Waals surface area (Å²) in [6.45, 7) is 32.3. The molecule has 3 fully saturated rings. The molecule has 31 heteroatoms. The van der Waals surface area contributed by atoms with Crippen molar-refractivity contribution in [3.63, 3.8) is 0 Å². The van der Waals surface area contributed by atoms with Crippen LogP contribution in [-0.2, 0) is 107 Å². The van der Waals surface area contributed by atoms with Crippen molar-refractivity contribution in [2.45, 2.75) is 182 Å². The standard InChI is InChI=1S/C18H27FO4Si.C17H21FO4.C14H21FO3Si.C13H15FO3.C12H12FO.C8H8BrF.2C7H4BrFO.Y/c1-7-22-17(21)11-16(20)14-10-13(8-9-15(14)19)12-23-24(5,6)18(2,3)4;1-2-22-17(20)11-16(19)14-10-13(3-4-15(14)18)9-12-5-7-21-8-6-12;1-14(2,3)19(4,5)18-9-10-6-7-12(15)11(8-10)13(16)17;14-12-2-1-10(8-11(12)13(15)16)7-9-3-5-17-6-4-9;13-12-3-1-10(2-4-12)9-11-5-7-14-8-6-11;1-2-6-3-4-8(10)7(9)5-6;2*8-6-3-5(4-10)1-2-7(6)9;/h8-10H,7,11-12H2,1-6H3;3-4,10,12H,2,5-9,11H2,1H3;6-8H,9H2,1-5H3,(H,16,17);1-2,8-9H,3-7H2,(H,15,16);1-3,9H,5-8H2;3-5H,2H2,1H3;2*1-4H;/q;;;;-1;;;;. The molecule has 127 heavy (non-hydrogen) atoms. The van der Waals surface area contributed by atoms with Crippen LogP contribution in [0.1, 0.15) is 209 Å². The Morgan fingerprint density at radius 1 is 0.441 bits per heavy atom. The van der Waals surface area contributed by atoms with Crippen LogP contribution < -0.4 is 0 Å². The Morgan fingerprint density at radius 2 is 0.764 bits per heavy atom. The first-order chi connectivity index (χ1) is 59.3. The molecule has 3 aliphatic rings. The first kappa shape index (κ1) is 113. The van der Waals surface area contributed by atoms with E-state index < -0.39 is 88.2 Å². The summed E-state index contributed by atoms with van der Waals surface area (Å²) in [5.74, 6) is -7.70. The maximum atomic E-state index is 13.9. The first-order valence-corrected chi connectivity index (χ1v) is 49.1. The molecular formula is C96H112Br3F8O17Si2Y-. The van der Waals surface area contributed by atoms with Crippen LogP contribution in [0.5, 0.6) is 0 Å². The van der Waals surface area contributed by atoms with Crippen molar-refractivity contribution >= 4 is 119 Å². The van der Waals surface area contributed by atoms with Crippen LogP contribution in [0.2, 0.25) is 36.3 Å². The van der Waals surface area contributed by atoms with Gasteiger partial charge in [0.1, 0.15) is 66.1 Å². The Bertz CT molecular complexity index is 4860. The molecule has 8 aromatic rings. The molecule has 0 spiro atoms. The summed E-state index contributed by atoms with van der Waals surface area (Å²) >= 11 is 9.02. The fraction of sp³-hybridized carbons (Fsp3) is 0.396. The van der Waals surface area contributed by atoms with E-state index in [2.05, 4.69) is 128 Å². The number of hydrogen-bond acceptors (Lipinski definition) is 15. The topological polar surface area (TPSA) is 242 Å². The van der Waals surface area contributed by atoms with Crippen molar-refractivity contribution in [2.24, 2.45) is 11.8 Å². The van der Waals surface area contributed by atoms with Gasteiger partial charge in [-0.3, -0.25) is 28.8 Å². The molecule has 0 saturated carbocycles. The van der Waals surface area contributed by atoms with Gasteiger partial charge in [0.05, 0.1) is 75.3 Å². The summed E-state index contributed by atoms with van der Waals surface area (Å²) in [6, 6.07) is 38.0. The summed E-state index contributed by atoms with van der Waals surface area (Å²) in [7, 11) is -3.82. The van der Waals surface area contributed by atoms with E-state index >= 15 is 0 Å². The van der Waals surface area contributed by atoms with Gasteiger partial charge in [0.15, 0.2) is 28.2 Å². The van der Waals surface area contributed by atoms with E-state index in [1.54, 1.807) is 68.4 Å². The van der Waals surface area contributed by atoms with E-state index in [1.165, 1.54) is 96.6 Å². The second-order valence-electron chi connectivity index (χ2n) is 32.4. The molecule has 17 nitrogen and oxygen atoms in total. The van der Waals surface area contributed by atoms with Gasteiger partial charge < -0.3 is 42.7 Å². The number of esters is 2. The Kier molecular flexibility index (Phi) is 51.3. The van der Waals surface area contributed by atoms with E-state index in [-0.39, 0.29) is 102 Å². The zero-order valence-corrected chi connectivity index (χ0v) is 83.4. The zero-order chi connectivity index (χ0) is 94.1. The van der Waals surface area contributed by atoms with Crippen molar-refractivity contribution < 1.29 is 149 Å². The third-order valence-corrected chi connectivity index (χ3v) is 31.6. The number of carbonyl (C=O) groups is 8. The molecule has 2 N–H and O–H groups in total. The van der Waals surface area contributed by atoms with Gasteiger partial charge in [-0.05, 0) is 292 Å². The molecule has 3 saturated heterocycles. The molecule has 687 valence electrons. The van der Waals surface area contributed by atoms with E-state index in [1.807, 2.05) is 6.92 Å². The monoisotopic (exact) mass is 2070 g/mol. The van der Waals surface area contributed by atoms with Gasteiger partial charge in [-0.2, -0.15) is 12.1 Å². The van der Waals surface area contributed by atoms with Crippen LogP contribution in [0.15, 0.2) is 165 Å². The predicted octanol–water partition coefficient (Wildman–Crippen LogP) is 24.7. The molecule has 3 heterocycles. The minimum Gasteiger partial charge on any atom is -0.478 e. The Hall–Kier alpha value is -7.72. The average Bonchev–Trinajstić information content (AvgIpc) is 0.825. The average molecular weight is 2070 g/mol. The second kappa shape index (κ2) is 57.4. The number of Topliss-reactive ketones (excluding diaryl/α,β-unsaturated/α-hetero) is 2. The fourth-order valence-electron chi connectivity index (χ4n) is 11.3. The number of hydrogen-bond donors (Lipinski definition) is 2. The molecule has 0 aliphatic carbocycles. The Labute approximate surface area is 792 Å². The number of ketones is 2. The Balaban J connectivity index is 0.000000381. The second-order valence-corrected chi connectivity index (χ2v) is 44.5. The van der Waals surface area contributed by atoms with Gasteiger partial charge in [-0.1, -0.05) is 84.4 Å². The maximum absolute atomic E-state index is 13.9. The zero-order valence-electron chi connectivity index (χ0n) is 73.8. The fourth-order valence-corrected chi connectivity index (χ4v) is 14.5. The SMILES string of the molecule is CC(C)(C)[Si](C)(C)OCc1ccc(F)c(C(=O)O)c1.CCOC(=O)CC(=O)c1cc(CC2CCOCC2)ccc1F.CCOC(=O)CC(=O)c1cc(CO[Si](C)(C)C(C)(C)C)ccc1F.CCc1ccc(F)c(Br)c1.Fc1[c-]cc(C=C2CCOCC2)cc1.O=C(O)c1cc(CC2CCOCC2)ccc1F.O=Cc1ccc(F)c(Br)c1.O=Cc1ccc(F)c(Br)c1.[Y]. The number of aryl methyl sites for hydroxylation is 1. The van der Waals surface area contributed by atoms with E-state index in [0.717, 1.165) is 120 Å². The van der Waals surface area contributed by atoms with Crippen LogP contribution in [-0.4, -0.2) is 128 Å². The minimum absolute atomic E-state index is 0. The molecule has 11 rings (SSSR count). The molecule has 3 aliphatic heterocycles. The summed E-state index contributed by atoms with van der Waals surface area (Å²) < 4.78 is 143. The van der Waals surface area contributed by atoms with Gasteiger partial charge in [0.25, 0.3) is 0 Å². The summed E-state index contributed by atoms with van der Waals surface area (Å²) in [6.07, 6.45) is 11.0. The number of halogens is 11. The van der Waals surface area contributed by atoms with Crippen LogP contribution in [0.25, 0.3) is 6.08 Å². The van der Waals surface area contributed by atoms with Gasteiger partial charge in [0.2, 0.25) is 0 Å². The van der Waals surface area contributed by atoms with Crippen LogP contribution in [0.3, 0.4) is 0 Å². The molecule has 1 radical (unpaired) electrons. The number of carboxylic acids is 2. The normalized spacial score (nSPS) is 13.2. The molecule has 0 atom stereocenters. The van der Waals surface area contributed by atoms with Gasteiger partial charge in [-0.15, -0.1) is 23.8 Å². The quantitative estimate of drug-likeness (QED) is 0.0109. The van der Waals surface area contributed by atoms with Crippen molar-refractivity contribution in [1.82, 2.24) is 0 Å². The number of rotatable bonds is 24. The van der Waals surface area contributed by atoms with Crippen LogP contribution in [0, 0.1) is 64.4 Å². The smallest absolute Gasteiger partial charge is 0.338 e. The molecule has 0 unspecified atom stereocenters. The largest absolute Gasteiger partial charge is 0.478 e. The van der Waals surface area contributed by atoms with Gasteiger partial charge in [0, 0.05) is 76.1 Å². The number of aromatic carboxylic acids is 2. The van der Waals surface area contributed by atoms with E-state index in [0.29, 0.717) is 73.3 Å². The molecule has 0 amide bonds. The molecule has 0 bridgehead atoms. The third-order valence-electron chi connectivity index (χ3n) is 20.8. The van der Waals surface area contributed by atoms with E-state index in [9.17, 15) is 73.5 Å².